The van der Waals surface area contributed by atoms with Crippen molar-refractivity contribution in [3.63, 3.8) is 0 Å². The molecular weight excluding hydrogens is 230 g/mol. The van der Waals surface area contributed by atoms with Gasteiger partial charge in [0.25, 0.3) is 0 Å². The molecule has 0 aliphatic carbocycles. The number of rotatable bonds is 5. The fourth-order valence-corrected chi connectivity index (χ4v) is 1.98. The van der Waals surface area contributed by atoms with Gasteiger partial charge in [0.05, 0.1) is 31.8 Å². The Bertz CT molecular complexity index is 416. The zero-order valence-corrected chi connectivity index (χ0v) is 10.5. The van der Waals surface area contributed by atoms with Gasteiger partial charge in [-0.2, -0.15) is 5.26 Å². The lowest BCUT2D eigenvalue weighted by Gasteiger charge is -2.18. The standard InChI is InChI=1S/C14H17NO3/c1-16-12-2-4-13(5-3-12)18-9-7-14(10-15)6-8-17-11-14/h2-5H,6-9,11H2,1H3. The maximum atomic E-state index is 9.18. The molecule has 1 atom stereocenters. The van der Waals surface area contributed by atoms with Gasteiger partial charge < -0.3 is 14.2 Å². The molecule has 1 aliphatic rings. The highest BCUT2D eigenvalue weighted by Crippen LogP contribution is 2.31. The maximum Gasteiger partial charge on any atom is 0.119 e. The van der Waals surface area contributed by atoms with E-state index in [1.807, 2.05) is 24.3 Å². The van der Waals surface area contributed by atoms with Crippen molar-refractivity contribution < 1.29 is 14.2 Å². The van der Waals surface area contributed by atoms with Gasteiger partial charge in [-0.15, -0.1) is 0 Å². The number of benzene rings is 1. The first-order valence-electron chi connectivity index (χ1n) is 6.04. The van der Waals surface area contributed by atoms with E-state index in [4.69, 9.17) is 14.2 Å². The summed E-state index contributed by atoms with van der Waals surface area (Å²) in [6.07, 6.45) is 1.50. The van der Waals surface area contributed by atoms with Crippen molar-refractivity contribution in [2.45, 2.75) is 12.8 Å². The predicted octanol–water partition coefficient (Wildman–Crippen LogP) is 2.39. The van der Waals surface area contributed by atoms with E-state index in [2.05, 4.69) is 6.07 Å². The van der Waals surface area contributed by atoms with Crippen LogP contribution in [-0.4, -0.2) is 26.9 Å². The van der Waals surface area contributed by atoms with E-state index >= 15 is 0 Å². The van der Waals surface area contributed by atoms with Crippen LogP contribution in [0.2, 0.25) is 0 Å². The lowest BCUT2D eigenvalue weighted by atomic mass is 9.86. The first-order valence-corrected chi connectivity index (χ1v) is 6.04. The van der Waals surface area contributed by atoms with Crippen LogP contribution in [-0.2, 0) is 4.74 Å². The van der Waals surface area contributed by atoms with Crippen LogP contribution in [0.1, 0.15) is 12.8 Å². The van der Waals surface area contributed by atoms with Crippen molar-refractivity contribution in [2.75, 3.05) is 26.9 Å². The van der Waals surface area contributed by atoms with Crippen molar-refractivity contribution >= 4 is 0 Å². The zero-order valence-electron chi connectivity index (χ0n) is 10.5. The molecule has 1 heterocycles. The van der Waals surface area contributed by atoms with Crippen molar-refractivity contribution in [1.29, 1.82) is 5.26 Å². The molecule has 0 amide bonds. The van der Waals surface area contributed by atoms with E-state index in [-0.39, 0.29) is 5.41 Å². The van der Waals surface area contributed by atoms with Gasteiger partial charge in [-0.1, -0.05) is 0 Å². The molecule has 0 aromatic heterocycles. The first-order chi connectivity index (χ1) is 8.78. The highest BCUT2D eigenvalue weighted by molar-refractivity contribution is 5.31. The molecule has 0 bridgehead atoms. The average Bonchev–Trinajstić information content (AvgIpc) is 2.89. The summed E-state index contributed by atoms with van der Waals surface area (Å²) in [6, 6.07) is 9.80. The van der Waals surface area contributed by atoms with Crippen LogP contribution in [0.25, 0.3) is 0 Å². The Morgan fingerprint density at radius 1 is 1.33 bits per heavy atom. The Morgan fingerprint density at radius 3 is 2.61 bits per heavy atom. The SMILES string of the molecule is COc1ccc(OCCC2(C#N)CCOC2)cc1. The van der Waals surface area contributed by atoms with Crippen LogP contribution < -0.4 is 9.47 Å². The molecule has 1 unspecified atom stereocenters. The quantitative estimate of drug-likeness (QED) is 0.801. The molecule has 1 aromatic carbocycles. The van der Waals surface area contributed by atoms with Crippen LogP contribution in [0, 0.1) is 16.7 Å². The minimum Gasteiger partial charge on any atom is -0.497 e. The highest BCUT2D eigenvalue weighted by atomic mass is 16.5. The smallest absolute Gasteiger partial charge is 0.119 e. The fraction of sp³-hybridized carbons (Fsp3) is 0.500. The molecule has 4 nitrogen and oxygen atoms in total. The highest BCUT2D eigenvalue weighted by Gasteiger charge is 2.34. The molecule has 0 saturated carbocycles. The van der Waals surface area contributed by atoms with Crippen LogP contribution in [0.5, 0.6) is 11.5 Å². The molecule has 1 fully saturated rings. The Labute approximate surface area is 107 Å². The van der Waals surface area contributed by atoms with Crippen LogP contribution >= 0.6 is 0 Å². The van der Waals surface area contributed by atoms with E-state index in [1.54, 1.807) is 7.11 Å². The monoisotopic (exact) mass is 247 g/mol. The van der Waals surface area contributed by atoms with Crippen molar-refractivity contribution in [3.05, 3.63) is 24.3 Å². The maximum absolute atomic E-state index is 9.18. The minimum absolute atomic E-state index is 0.355. The lowest BCUT2D eigenvalue weighted by Crippen LogP contribution is -2.21. The van der Waals surface area contributed by atoms with E-state index < -0.39 is 0 Å². The van der Waals surface area contributed by atoms with Gasteiger partial charge in [-0.05, 0) is 30.7 Å². The second kappa shape index (κ2) is 5.74. The molecule has 0 radical (unpaired) electrons. The topological polar surface area (TPSA) is 51.5 Å². The Hall–Kier alpha value is -1.73. The number of nitriles is 1. The summed E-state index contributed by atoms with van der Waals surface area (Å²) >= 11 is 0. The van der Waals surface area contributed by atoms with E-state index in [0.29, 0.717) is 26.2 Å². The predicted molar refractivity (Wildman–Crippen MR) is 66.6 cm³/mol. The minimum atomic E-state index is -0.355. The summed E-state index contributed by atoms with van der Waals surface area (Å²) in [5.41, 5.74) is -0.355. The van der Waals surface area contributed by atoms with Gasteiger partial charge in [-0.3, -0.25) is 0 Å². The number of methoxy groups -OCH3 is 1. The third-order valence-electron chi connectivity index (χ3n) is 3.25. The molecule has 0 spiro atoms. The molecule has 18 heavy (non-hydrogen) atoms. The third-order valence-corrected chi connectivity index (χ3v) is 3.25. The van der Waals surface area contributed by atoms with Gasteiger partial charge in [0.2, 0.25) is 0 Å². The van der Waals surface area contributed by atoms with Gasteiger partial charge >= 0.3 is 0 Å². The van der Waals surface area contributed by atoms with Crippen LogP contribution in [0.3, 0.4) is 0 Å². The second-order valence-electron chi connectivity index (χ2n) is 4.47. The largest absolute Gasteiger partial charge is 0.497 e. The second-order valence-corrected chi connectivity index (χ2v) is 4.47. The Balaban J connectivity index is 1.82. The molecule has 1 aromatic rings. The molecule has 1 saturated heterocycles. The molecule has 4 heteroatoms. The van der Waals surface area contributed by atoms with Gasteiger partial charge in [0, 0.05) is 13.0 Å². The summed E-state index contributed by atoms with van der Waals surface area (Å²) in [6.45, 7) is 1.73. The zero-order chi connectivity index (χ0) is 12.8. The summed E-state index contributed by atoms with van der Waals surface area (Å²) in [5, 5.41) is 9.18. The third kappa shape index (κ3) is 2.93. The number of hydrogen-bond donors (Lipinski definition) is 0. The van der Waals surface area contributed by atoms with Crippen molar-refractivity contribution in [2.24, 2.45) is 5.41 Å². The number of nitrogens with zero attached hydrogens (tertiary/aromatic N) is 1. The average molecular weight is 247 g/mol. The fourth-order valence-electron chi connectivity index (χ4n) is 1.98. The normalized spacial score (nSPS) is 22.4. The summed E-state index contributed by atoms with van der Waals surface area (Å²) < 4.78 is 16.0. The molecule has 1 aliphatic heterocycles. The van der Waals surface area contributed by atoms with E-state index in [0.717, 1.165) is 17.9 Å². The van der Waals surface area contributed by atoms with Crippen molar-refractivity contribution in [1.82, 2.24) is 0 Å². The van der Waals surface area contributed by atoms with Crippen molar-refractivity contribution in [3.8, 4) is 17.6 Å². The van der Waals surface area contributed by atoms with E-state index in [9.17, 15) is 5.26 Å². The van der Waals surface area contributed by atoms with Crippen LogP contribution in [0.4, 0.5) is 0 Å². The number of ether oxygens (including phenoxy) is 3. The summed E-state index contributed by atoms with van der Waals surface area (Å²) in [5.74, 6) is 1.60. The summed E-state index contributed by atoms with van der Waals surface area (Å²) in [4.78, 5) is 0. The summed E-state index contributed by atoms with van der Waals surface area (Å²) in [7, 11) is 1.63. The Morgan fingerprint density at radius 2 is 2.06 bits per heavy atom. The first kappa shape index (κ1) is 12.7. The molecule has 96 valence electrons. The van der Waals surface area contributed by atoms with Gasteiger partial charge in [0.1, 0.15) is 11.5 Å². The lowest BCUT2D eigenvalue weighted by molar-refractivity contribution is 0.158. The van der Waals surface area contributed by atoms with Gasteiger partial charge in [-0.25, -0.2) is 0 Å². The molecule has 0 N–H and O–H groups in total. The van der Waals surface area contributed by atoms with E-state index in [1.165, 1.54) is 0 Å². The van der Waals surface area contributed by atoms with Gasteiger partial charge in [0.15, 0.2) is 0 Å². The molecule has 2 rings (SSSR count). The van der Waals surface area contributed by atoms with Crippen LogP contribution in [0.15, 0.2) is 24.3 Å². The number of hydrogen-bond acceptors (Lipinski definition) is 4. The molecular formula is C14H17NO3. The Kier molecular flexibility index (Phi) is 4.06.